The summed E-state index contributed by atoms with van der Waals surface area (Å²) in [5, 5.41) is 0. The average Bonchev–Trinajstić information content (AvgIpc) is 3.21. The number of nitrogen functional groups attached to an aromatic ring is 2. The lowest BCUT2D eigenvalue weighted by Gasteiger charge is -2.42. The van der Waals surface area contributed by atoms with Gasteiger partial charge in [-0.05, 0) is 102 Å². The summed E-state index contributed by atoms with van der Waals surface area (Å²) in [6, 6.07) is 37.0. The molecule has 2 unspecified atom stereocenters. The van der Waals surface area contributed by atoms with E-state index < -0.39 is 0 Å². The Labute approximate surface area is 330 Å². The van der Waals surface area contributed by atoms with Gasteiger partial charge in [0.05, 0.1) is 0 Å². The summed E-state index contributed by atoms with van der Waals surface area (Å²) in [7, 11) is 0. The maximum atomic E-state index is 6.09. The molecule has 1 aliphatic rings. The van der Waals surface area contributed by atoms with Gasteiger partial charge in [0, 0.05) is 28.6 Å². The highest BCUT2D eigenvalue weighted by Gasteiger charge is 2.38. The second-order valence-corrected chi connectivity index (χ2v) is 17.0. The number of anilines is 2. The van der Waals surface area contributed by atoms with Crippen molar-refractivity contribution in [3.63, 3.8) is 0 Å². The van der Waals surface area contributed by atoms with E-state index in [4.69, 9.17) is 11.5 Å². The molecule has 0 radical (unpaired) electrons. The van der Waals surface area contributed by atoms with Crippen LogP contribution in [-0.2, 0) is 5.41 Å². The topological polar surface area (TPSA) is 52.0 Å². The van der Waals surface area contributed by atoms with Gasteiger partial charge >= 0.3 is 0 Å². The molecule has 2 heteroatoms. The van der Waals surface area contributed by atoms with E-state index in [1.807, 2.05) is 0 Å². The standard InChI is InChI=1S/C52H74N2/c1-4-7-10-11-12-13-14-15-16-17-18-41-37-39-52(40-38-41,46-29-21-42(22-30-46)50(19-8-5-2)44-25-33-48(53)34-26-44)47-31-23-43(24-32-47)51(20-9-6-3)45-27-35-49(54)36-28-45/h21-36,41,50-51H,4-20,37-40,53-54H2,1-3H3. The zero-order valence-corrected chi connectivity index (χ0v) is 34.5. The van der Waals surface area contributed by atoms with Gasteiger partial charge in [-0.1, -0.05) is 190 Å². The first-order chi connectivity index (χ1) is 26.5. The first kappa shape index (κ1) is 41.6. The van der Waals surface area contributed by atoms with Crippen LogP contribution in [0.15, 0.2) is 97.1 Å². The summed E-state index contributed by atoms with van der Waals surface area (Å²) >= 11 is 0. The third-order valence-electron chi connectivity index (χ3n) is 13.0. The number of nitrogens with two attached hydrogens (primary N) is 2. The Bertz CT molecular complexity index is 1470. The largest absolute Gasteiger partial charge is 0.399 e. The van der Waals surface area contributed by atoms with Crippen molar-refractivity contribution in [2.24, 2.45) is 5.92 Å². The van der Waals surface area contributed by atoms with Crippen LogP contribution in [0.25, 0.3) is 0 Å². The number of rotatable bonds is 23. The maximum Gasteiger partial charge on any atom is 0.0314 e. The molecule has 0 bridgehead atoms. The van der Waals surface area contributed by atoms with Crippen LogP contribution in [0.2, 0.25) is 0 Å². The van der Waals surface area contributed by atoms with Crippen molar-refractivity contribution in [1.82, 2.24) is 0 Å². The monoisotopic (exact) mass is 727 g/mol. The fraction of sp³-hybridized carbons (Fsp3) is 0.538. The summed E-state index contributed by atoms with van der Waals surface area (Å²) in [5.41, 5.74) is 22.5. The second-order valence-electron chi connectivity index (χ2n) is 17.0. The SMILES string of the molecule is CCCCCCCCCCCCC1CCC(c2ccc(C(CCCC)c3ccc(N)cc3)cc2)(c2ccc(C(CCCC)c3ccc(N)cc3)cc2)CC1. The highest BCUT2D eigenvalue weighted by molar-refractivity contribution is 5.47. The molecule has 0 heterocycles. The average molecular weight is 727 g/mol. The lowest BCUT2D eigenvalue weighted by molar-refractivity contribution is 0.250. The molecule has 4 aromatic rings. The molecule has 0 amide bonds. The van der Waals surface area contributed by atoms with Crippen LogP contribution in [0, 0.1) is 5.92 Å². The van der Waals surface area contributed by atoms with Gasteiger partial charge in [0.1, 0.15) is 0 Å². The van der Waals surface area contributed by atoms with Crippen molar-refractivity contribution in [2.45, 2.75) is 173 Å². The van der Waals surface area contributed by atoms with Crippen LogP contribution in [0.1, 0.15) is 201 Å². The third kappa shape index (κ3) is 11.7. The molecule has 5 rings (SSSR count). The zero-order chi connectivity index (χ0) is 38.0. The molecular formula is C52H74N2. The van der Waals surface area contributed by atoms with Gasteiger partial charge in [0.25, 0.3) is 0 Å². The minimum absolute atomic E-state index is 0.0611. The molecule has 0 aliphatic heterocycles. The predicted molar refractivity (Wildman–Crippen MR) is 237 cm³/mol. The Kier molecular flexibility index (Phi) is 17.1. The van der Waals surface area contributed by atoms with E-state index in [0.29, 0.717) is 11.8 Å². The van der Waals surface area contributed by atoms with Gasteiger partial charge in [-0.2, -0.15) is 0 Å². The Morgan fingerprint density at radius 1 is 0.444 bits per heavy atom. The van der Waals surface area contributed by atoms with E-state index in [1.54, 1.807) is 0 Å². The van der Waals surface area contributed by atoms with Crippen LogP contribution in [0.3, 0.4) is 0 Å². The van der Waals surface area contributed by atoms with E-state index in [9.17, 15) is 0 Å². The zero-order valence-electron chi connectivity index (χ0n) is 34.5. The molecule has 1 fully saturated rings. The molecule has 292 valence electrons. The van der Waals surface area contributed by atoms with Crippen molar-refractivity contribution in [1.29, 1.82) is 0 Å². The van der Waals surface area contributed by atoms with Crippen molar-refractivity contribution < 1.29 is 0 Å². The molecular weight excluding hydrogens is 653 g/mol. The molecule has 1 aliphatic carbocycles. The van der Waals surface area contributed by atoms with Gasteiger partial charge in [-0.15, -0.1) is 0 Å². The molecule has 4 N–H and O–H groups in total. The number of benzene rings is 4. The Morgan fingerprint density at radius 3 is 1.15 bits per heavy atom. The van der Waals surface area contributed by atoms with Gasteiger partial charge in [-0.3, -0.25) is 0 Å². The quantitative estimate of drug-likeness (QED) is 0.0590. The minimum atomic E-state index is 0.0611. The molecule has 2 nitrogen and oxygen atoms in total. The van der Waals surface area contributed by atoms with Gasteiger partial charge in [0.2, 0.25) is 0 Å². The minimum Gasteiger partial charge on any atom is -0.399 e. The number of hydrogen-bond acceptors (Lipinski definition) is 2. The molecule has 0 saturated heterocycles. The van der Waals surface area contributed by atoms with Gasteiger partial charge < -0.3 is 11.5 Å². The van der Waals surface area contributed by atoms with E-state index in [0.717, 1.165) is 17.3 Å². The Morgan fingerprint density at radius 2 is 0.778 bits per heavy atom. The van der Waals surface area contributed by atoms with Crippen molar-refractivity contribution in [2.75, 3.05) is 11.5 Å². The lowest BCUT2D eigenvalue weighted by atomic mass is 9.62. The van der Waals surface area contributed by atoms with Crippen LogP contribution < -0.4 is 11.5 Å². The fourth-order valence-electron chi connectivity index (χ4n) is 9.52. The first-order valence-electron chi connectivity index (χ1n) is 22.4. The van der Waals surface area contributed by atoms with Gasteiger partial charge in [-0.25, -0.2) is 0 Å². The second kappa shape index (κ2) is 22.1. The molecule has 0 aromatic heterocycles. The number of unbranched alkanes of at least 4 members (excludes halogenated alkanes) is 11. The summed E-state index contributed by atoms with van der Waals surface area (Å²) < 4.78 is 0. The van der Waals surface area contributed by atoms with E-state index >= 15 is 0 Å². The highest BCUT2D eigenvalue weighted by atomic mass is 14.5. The van der Waals surface area contributed by atoms with Crippen molar-refractivity contribution in [3.8, 4) is 0 Å². The van der Waals surface area contributed by atoms with E-state index in [2.05, 4.69) is 118 Å². The number of hydrogen-bond donors (Lipinski definition) is 2. The molecule has 1 saturated carbocycles. The van der Waals surface area contributed by atoms with Crippen LogP contribution >= 0.6 is 0 Å². The van der Waals surface area contributed by atoms with E-state index in [1.165, 1.54) is 168 Å². The highest BCUT2D eigenvalue weighted by Crippen LogP contribution is 2.48. The Balaban J connectivity index is 1.33. The van der Waals surface area contributed by atoms with Gasteiger partial charge in [0.15, 0.2) is 0 Å². The van der Waals surface area contributed by atoms with Crippen LogP contribution in [0.4, 0.5) is 11.4 Å². The summed E-state index contributed by atoms with van der Waals surface area (Å²) in [6.45, 7) is 6.90. The summed E-state index contributed by atoms with van der Waals surface area (Å²) in [5.74, 6) is 1.67. The molecule has 4 aromatic carbocycles. The predicted octanol–water partition coefficient (Wildman–Crippen LogP) is 15.3. The molecule has 54 heavy (non-hydrogen) atoms. The third-order valence-corrected chi connectivity index (χ3v) is 13.0. The Hall–Kier alpha value is -3.52. The fourth-order valence-corrected chi connectivity index (χ4v) is 9.52. The molecule has 0 spiro atoms. The van der Waals surface area contributed by atoms with Crippen molar-refractivity contribution in [3.05, 3.63) is 130 Å². The van der Waals surface area contributed by atoms with Crippen LogP contribution in [-0.4, -0.2) is 0 Å². The van der Waals surface area contributed by atoms with Crippen LogP contribution in [0.5, 0.6) is 0 Å². The normalized spacial score (nSPS) is 18.4. The van der Waals surface area contributed by atoms with E-state index in [-0.39, 0.29) is 5.41 Å². The lowest BCUT2D eigenvalue weighted by Crippen LogP contribution is -2.33. The van der Waals surface area contributed by atoms with Crippen molar-refractivity contribution >= 4 is 11.4 Å². The summed E-state index contributed by atoms with van der Waals surface area (Å²) in [4.78, 5) is 0. The smallest absolute Gasteiger partial charge is 0.0314 e. The first-order valence-corrected chi connectivity index (χ1v) is 22.4. The summed E-state index contributed by atoms with van der Waals surface area (Å²) in [6.07, 6.45) is 27.9. The molecule has 2 atom stereocenters. The maximum absolute atomic E-state index is 6.09.